The number of hydrogen-bond donors (Lipinski definition) is 2. The highest BCUT2D eigenvalue weighted by Gasteiger charge is 2.19. The Morgan fingerprint density at radius 1 is 1.08 bits per heavy atom. The third-order valence-electron chi connectivity index (χ3n) is 4.15. The van der Waals surface area contributed by atoms with Gasteiger partial charge in [-0.05, 0) is 49.6 Å². The van der Waals surface area contributed by atoms with Crippen LogP contribution in [0.3, 0.4) is 0 Å². The molecule has 0 bridgehead atoms. The Morgan fingerprint density at radius 3 is 2.42 bits per heavy atom. The van der Waals surface area contributed by atoms with Crippen molar-refractivity contribution in [3.05, 3.63) is 63.6 Å². The second kappa shape index (κ2) is 9.38. The monoisotopic (exact) mass is 418 g/mol. The van der Waals surface area contributed by atoms with E-state index in [-0.39, 0.29) is 18.9 Å². The van der Waals surface area contributed by atoms with Crippen LogP contribution in [-0.4, -0.2) is 18.6 Å². The molecular weight excluding hydrogens is 396 g/mol. The Morgan fingerprint density at radius 2 is 1.77 bits per heavy atom. The number of carbonyl (C=O) groups excluding carboxylic acids is 2. The molecule has 0 aromatic heterocycles. The van der Waals surface area contributed by atoms with Gasteiger partial charge < -0.3 is 15.4 Å². The summed E-state index contributed by atoms with van der Waals surface area (Å²) in [5.41, 5.74) is 3.69. The Kier molecular flexibility index (Phi) is 7.21. The normalized spacial score (nSPS) is 11.5. The molecule has 0 fully saturated rings. The van der Waals surface area contributed by atoms with Gasteiger partial charge in [-0.1, -0.05) is 46.3 Å². The Balaban J connectivity index is 2.13. The minimum Gasteiger partial charge on any atom is -0.450 e. The van der Waals surface area contributed by atoms with Crippen LogP contribution in [-0.2, 0) is 9.53 Å². The molecule has 0 heterocycles. The van der Waals surface area contributed by atoms with Gasteiger partial charge in [-0.25, -0.2) is 4.79 Å². The third kappa shape index (κ3) is 5.33. The molecular formula is C20H23BrN2O3. The molecule has 2 N–H and O–H groups in total. The molecule has 0 aliphatic rings. The lowest BCUT2D eigenvalue weighted by Gasteiger charge is -2.19. The Labute approximate surface area is 162 Å². The summed E-state index contributed by atoms with van der Waals surface area (Å²) in [7, 11) is 0. The van der Waals surface area contributed by atoms with Crippen LogP contribution in [0.15, 0.2) is 46.9 Å². The number of carbonyl (C=O) groups is 2. The summed E-state index contributed by atoms with van der Waals surface area (Å²) in [5, 5.41) is 5.69. The number of hydrogen-bond acceptors (Lipinski definition) is 3. The lowest BCUT2D eigenvalue weighted by Crippen LogP contribution is -2.32. The van der Waals surface area contributed by atoms with Crippen LogP contribution in [0.5, 0.6) is 0 Å². The maximum atomic E-state index is 12.6. The fourth-order valence-electron chi connectivity index (χ4n) is 2.56. The molecule has 0 aliphatic heterocycles. The first-order chi connectivity index (χ1) is 12.4. The molecule has 0 aliphatic carbocycles. The molecule has 138 valence electrons. The van der Waals surface area contributed by atoms with Gasteiger partial charge in [0.1, 0.15) is 0 Å². The van der Waals surface area contributed by atoms with Crippen LogP contribution in [0, 0.1) is 13.8 Å². The maximum absolute atomic E-state index is 12.6. The molecule has 0 saturated heterocycles. The molecule has 0 radical (unpaired) electrons. The summed E-state index contributed by atoms with van der Waals surface area (Å²) < 4.78 is 5.95. The van der Waals surface area contributed by atoms with Gasteiger partial charge in [-0.3, -0.25) is 4.79 Å². The standard InChI is InChI=1S/C20H23BrN2O3/c1-4-26-20(25)23-18(15-8-6-5-7-9-15)12-19(24)22-17-11-10-16(21)13(2)14(17)3/h5-11,18H,4,12H2,1-3H3,(H,22,24)(H,23,25)/t18-/m1/s1. The van der Waals surface area contributed by atoms with Crippen molar-refractivity contribution in [2.45, 2.75) is 33.2 Å². The smallest absolute Gasteiger partial charge is 0.407 e. The molecule has 0 saturated carbocycles. The van der Waals surface area contributed by atoms with E-state index in [1.54, 1.807) is 6.92 Å². The average molecular weight is 419 g/mol. The van der Waals surface area contributed by atoms with Crippen LogP contribution in [0.4, 0.5) is 10.5 Å². The quantitative estimate of drug-likeness (QED) is 0.701. The zero-order valence-corrected chi connectivity index (χ0v) is 16.7. The van der Waals surface area contributed by atoms with Crippen molar-refractivity contribution in [3.63, 3.8) is 0 Å². The molecule has 0 spiro atoms. The fourth-order valence-corrected chi connectivity index (χ4v) is 2.99. The summed E-state index contributed by atoms with van der Waals surface area (Å²) in [5.74, 6) is -0.180. The van der Waals surface area contributed by atoms with Crippen molar-refractivity contribution in [1.29, 1.82) is 0 Å². The topological polar surface area (TPSA) is 67.4 Å². The van der Waals surface area contributed by atoms with Crippen molar-refractivity contribution in [2.75, 3.05) is 11.9 Å². The van der Waals surface area contributed by atoms with E-state index in [2.05, 4.69) is 26.6 Å². The zero-order valence-electron chi connectivity index (χ0n) is 15.1. The molecule has 5 nitrogen and oxygen atoms in total. The SMILES string of the molecule is CCOC(=O)N[C@H](CC(=O)Nc1ccc(Br)c(C)c1C)c1ccccc1. The molecule has 0 unspecified atom stereocenters. The lowest BCUT2D eigenvalue weighted by atomic mass is 10.0. The first kappa shape index (κ1) is 20.0. The van der Waals surface area contributed by atoms with Crippen molar-refractivity contribution in [3.8, 4) is 0 Å². The first-order valence-corrected chi connectivity index (χ1v) is 9.25. The highest BCUT2D eigenvalue weighted by molar-refractivity contribution is 9.10. The minimum absolute atomic E-state index is 0.109. The van der Waals surface area contributed by atoms with Gasteiger partial charge in [0.2, 0.25) is 5.91 Å². The second-order valence-corrected chi connectivity index (χ2v) is 6.78. The zero-order chi connectivity index (χ0) is 19.1. The van der Waals surface area contributed by atoms with Crippen molar-refractivity contribution in [2.24, 2.45) is 0 Å². The molecule has 6 heteroatoms. The van der Waals surface area contributed by atoms with Gasteiger partial charge in [0, 0.05) is 10.2 Å². The molecule has 26 heavy (non-hydrogen) atoms. The van der Waals surface area contributed by atoms with Gasteiger partial charge in [0.25, 0.3) is 0 Å². The van der Waals surface area contributed by atoms with Crippen LogP contribution < -0.4 is 10.6 Å². The van der Waals surface area contributed by atoms with Gasteiger partial charge in [-0.2, -0.15) is 0 Å². The van der Waals surface area contributed by atoms with Crippen LogP contribution in [0.25, 0.3) is 0 Å². The van der Waals surface area contributed by atoms with Crippen LogP contribution >= 0.6 is 15.9 Å². The van der Waals surface area contributed by atoms with Gasteiger partial charge in [0.15, 0.2) is 0 Å². The molecule has 2 aromatic rings. The van der Waals surface area contributed by atoms with Gasteiger partial charge in [-0.15, -0.1) is 0 Å². The minimum atomic E-state index is -0.537. The Hall–Kier alpha value is -2.34. The number of anilines is 1. The number of halogens is 1. The maximum Gasteiger partial charge on any atom is 0.407 e. The second-order valence-electron chi connectivity index (χ2n) is 5.93. The number of ether oxygens (including phenoxy) is 1. The van der Waals surface area contributed by atoms with Gasteiger partial charge in [0.05, 0.1) is 19.1 Å². The van der Waals surface area contributed by atoms with E-state index in [1.807, 2.05) is 56.3 Å². The van der Waals surface area contributed by atoms with E-state index < -0.39 is 12.1 Å². The number of amides is 2. The first-order valence-electron chi connectivity index (χ1n) is 8.46. The number of rotatable bonds is 6. The van der Waals surface area contributed by atoms with E-state index in [1.165, 1.54) is 0 Å². The van der Waals surface area contributed by atoms with Crippen LogP contribution in [0.1, 0.15) is 36.1 Å². The number of alkyl carbamates (subject to hydrolysis) is 1. The summed E-state index contributed by atoms with van der Waals surface area (Å²) >= 11 is 3.49. The number of nitrogens with one attached hydrogen (secondary N) is 2. The fraction of sp³-hybridized carbons (Fsp3) is 0.300. The third-order valence-corrected chi connectivity index (χ3v) is 5.01. The van der Waals surface area contributed by atoms with Crippen LogP contribution in [0.2, 0.25) is 0 Å². The van der Waals surface area contributed by atoms with E-state index in [9.17, 15) is 9.59 Å². The van der Waals surface area contributed by atoms with Crippen molar-refractivity contribution >= 4 is 33.6 Å². The largest absolute Gasteiger partial charge is 0.450 e. The van der Waals surface area contributed by atoms with Gasteiger partial charge >= 0.3 is 6.09 Å². The summed E-state index contributed by atoms with van der Waals surface area (Å²) in [4.78, 5) is 24.4. The lowest BCUT2D eigenvalue weighted by molar-refractivity contribution is -0.116. The van der Waals surface area contributed by atoms with E-state index in [4.69, 9.17) is 4.74 Å². The molecule has 2 aromatic carbocycles. The Bertz CT molecular complexity index is 778. The average Bonchev–Trinajstić information content (AvgIpc) is 2.62. The molecule has 1 atom stereocenters. The summed E-state index contributed by atoms with van der Waals surface area (Å²) in [6.45, 7) is 5.96. The molecule has 2 amide bonds. The van der Waals surface area contributed by atoms with E-state index in [0.29, 0.717) is 0 Å². The van der Waals surface area contributed by atoms with E-state index in [0.717, 1.165) is 26.9 Å². The predicted octanol–water partition coefficient (Wildman–Crippen LogP) is 4.88. The molecule has 2 rings (SSSR count). The highest BCUT2D eigenvalue weighted by Crippen LogP contribution is 2.26. The van der Waals surface area contributed by atoms with Crippen molar-refractivity contribution < 1.29 is 14.3 Å². The van der Waals surface area contributed by atoms with Crippen molar-refractivity contribution in [1.82, 2.24) is 5.32 Å². The predicted molar refractivity (Wildman–Crippen MR) is 106 cm³/mol. The highest BCUT2D eigenvalue weighted by atomic mass is 79.9. The van der Waals surface area contributed by atoms with E-state index >= 15 is 0 Å². The number of benzene rings is 2. The summed E-state index contributed by atoms with van der Waals surface area (Å²) in [6.07, 6.45) is -0.429. The summed E-state index contributed by atoms with van der Waals surface area (Å²) in [6, 6.07) is 12.7.